The van der Waals surface area contributed by atoms with Crippen molar-refractivity contribution in [1.82, 2.24) is 4.90 Å². The lowest BCUT2D eigenvalue weighted by Gasteiger charge is -2.32. The molecule has 1 amide bonds. The van der Waals surface area contributed by atoms with E-state index in [4.69, 9.17) is 0 Å². The minimum Gasteiger partial charge on any atom is -0.393 e. The Balaban J connectivity index is 1.87. The third-order valence-corrected chi connectivity index (χ3v) is 3.39. The molecule has 2 aliphatic rings. The summed E-state index contributed by atoms with van der Waals surface area (Å²) in [6.45, 7) is 1.47. The lowest BCUT2D eigenvalue weighted by Crippen LogP contribution is -2.43. The number of likely N-dealkylation sites (tertiary alicyclic amines) is 1. The van der Waals surface area contributed by atoms with Gasteiger partial charge in [-0.15, -0.1) is 0 Å². The second-order valence-electron chi connectivity index (χ2n) is 4.54. The Labute approximate surface area is 90.8 Å². The molecular formula is C12H19NO2. The van der Waals surface area contributed by atoms with Crippen LogP contribution in [0.15, 0.2) is 12.2 Å². The number of piperidine rings is 1. The maximum atomic E-state index is 12.1. The van der Waals surface area contributed by atoms with Crippen molar-refractivity contribution in [2.75, 3.05) is 13.1 Å². The van der Waals surface area contributed by atoms with Crippen molar-refractivity contribution >= 4 is 5.91 Å². The molecule has 0 saturated carbocycles. The van der Waals surface area contributed by atoms with Gasteiger partial charge in [-0.1, -0.05) is 12.2 Å². The Morgan fingerprint density at radius 2 is 1.93 bits per heavy atom. The largest absolute Gasteiger partial charge is 0.393 e. The zero-order valence-electron chi connectivity index (χ0n) is 9.06. The van der Waals surface area contributed by atoms with Crippen molar-refractivity contribution in [3.8, 4) is 0 Å². The fourth-order valence-corrected chi connectivity index (χ4v) is 2.36. The van der Waals surface area contributed by atoms with Crippen molar-refractivity contribution in [2.45, 2.75) is 38.2 Å². The molecule has 15 heavy (non-hydrogen) atoms. The van der Waals surface area contributed by atoms with E-state index in [0.717, 1.165) is 45.2 Å². The third kappa shape index (κ3) is 2.59. The summed E-state index contributed by atoms with van der Waals surface area (Å²) >= 11 is 0. The highest BCUT2D eigenvalue weighted by Crippen LogP contribution is 2.22. The van der Waals surface area contributed by atoms with Gasteiger partial charge in [-0.25, -0.2) is 0 Å². The summed E-state index contributed by atoms with van der Waals surface area (Å²) < 4.78 is 0. The summed E-state index contributed by atoms with van der Waals surface area (Å²) in [6.07, 6.45) is 8.50. The number of rotatable bonds is 1. The minimum atomic E-state index is -0.194. The molecule has 0 unspecified atom stereocenters. The van der Waals surface area contributed by atoms with Crippen molar-refractivity contribution in [3.05, 3.63) is 12.2 Å². The highest BCUT2D eigenvalue weighted by atomic mass is 16.3. The maximum absolute atomic E-state index is 12.1. The molecule has 3 heteroatoms. The summed E-state index contributed by atoms with van der Waals surface area (Å²) in [6, 6.07) is 0. The normalized spacial score (nSPS) is 28.1. The van der Waals surface area contributed by atoms with Gasteiger partial charge in [0.25, 0.3) is 0 Å². The van der Waals surface area contributed by atoms with E-state index >= 15 is 0 Å². The lowest BCUT2D eigenvalue weighted by atomic mass is 9.92. The molecule has 0 aromatic carbocycles. The lowest BCUT2D eigenvalue weighted by molar-refractivity contribution is -0.137. The molecule has 1 saturated heterocycles. The molecule has 0 spiro atoms. The van der Waals surface area contributed by atoms with E-state index in [0.29, 0.717) is 5.91 Å². The van der Waals surface area contributed by atoms with Crippen LogP contribution in [-0.2, 0) is 4.79 Å². The molecular weight excluding hydrogens is 190 g/mol. The average Bonchev–Trinajstić information content (AvgIpc) is 2.30. The number of aliphatic hydroxyl groups is 1. The zero-order valence-corrected chi connectivity index (χ0v) is 9.06. The van der Waals surface area contributed by atoms with E-state index in [-0.39, 0.29) is 12.0 Å². The third-order valence-electron chi connectivity index (χ3n) is 3.39. The quantitative estimate of drug-likeness (QED) is 0.662. The van der Waals surface area contributed by atoms with Gasteiger partial charge in [0.1, 0.15) is 0 Å². The van der Waals surface area contributed by atoms with Crippen LogP contribution in [0.1, 0.15) is 32.1 Å². The van der Waals surface area contributed by atoms with Crippen LogP contribution >= 0.6 is 0 Å². The fourth-order valence-electron chi connectivity index (χ4n) is 2.36. The second-order valence-corrected chi connectivity index (χ2v) is 4.54. The van der Waals surface area contributed by atoms with Gasteiger partial charge < -0.3 is 10.0 Å². The van der Waals surface area contributed by atoms with E-state index < -0.39 is 0 Å². The zero-order chi connectivity index (χ0) is 10.7. The van der Waals surface area contributed by atoms with Gasteiger partial charge in [-0.2, -0.15) is 0 Å². The number of nitrogens with zero attached hydrogens (tertiary/aromatic N) is 1. The van der Waals surface area contributed by atoms with Gasteiger partial charge in [0, 0.05) is 19.0 Å². The maximum Gasteiger partial charge on any atom is 0.226 e. The highest BCUT2D eigenvalue weighted by Gasteiger charge is 2.27. The van der Waals surface area contributed by atoms with Gasteiger partial charge in [0.2, 0.25) is 5.91 Å². The Hall–Kier alpha value is -0.830. The molecule has 2 rings (SSSR count). The smallest absolute Gasteiger partial charge is 0.226 e. The number of amides is 1. The van der Waals surface area contributed by atoms with Gasteiger partial charge in [-0.3, -0.25) is 4.79 Å². The predicted molar refractivity (Wildman–Crippen MR) is 58.3 cm³/mol. The molecule has 0 aromatic heterocycles. The van der Waals surface area contributed by atoms with E-state index in [1.807, 2.05) is 4.90 Å². The molecule has 0 radical (unpaired) electrons. The Kier molecular flexibility index (Phi) is 3.41. The Morgan fingerprint density at radius 1 is 1.20 bits per heavy atom. The van der Waals surface area contributed by atoms with Crippen LogP contribution in [0, 0.1) is 5.92 Å². The average molecular weight is 209 g/mol. The van der Waals surface area contributed by atoms with E-state index in [1.54, 1.807) is 0 Å². The molecule has 1 aliphatic carbocycles. The monoisotopic (exact) mass is 209 g/mol. The molecule has 1 N–H and O–H groups in total. The number of carbonyl (C=O) groups excluding carboxylic acids is 1. The first-order chi connectivity index (χ1) is 7.27. The first kappa shape index (κ1) is 10.7. The van der Waals surface area contributed by atoms with Gasteiger partial charge in [-0.05, 0) is 32.1 Å². The van der Waals surface area contributed by atoms with Crippen molar-refractivity contribution in [2.24, 2.45) is 5.92 Å². The van der Waals surface area contributed by atoms with E-state index in [9.17, 15) is 9.90 Å². The summed E-state index contributed by atoms with van der Waals surface area (Å²) in [5, 5.41) is 9.37. The minimum absolute atomic E-state index is 0.194. The second kappa shape index (κ2) is 4.79. The number of hydrogen-bond donors (Lipinski definition) is 1. The summed E-state index contributed by atoms with van der Waals surface area (Å²) in [5.41, 5.74) is 0. The molecule has 1 heterocycles. The van der Waals surface area contributed by atoms with Crippen LogP contribution < -0.4 is 0 Å². The predicted octanol–water partition coefficient (Wildman–Crippen LogP) is 1.33. The molecule has 3 nitrogen and oxygen atoms in total. The standard InChI is InChI=1S/C12H19NO2/c14-11-6-8-13(9-7-11)12(15)10-4-2-1-3-5-10/h1-2,10-11,14H,3-9H2/t10-/m0/s1. The van der Waals surface area contributed by atoms with Gasteiger partial charge >= 0.3 is 0 Å². The number of aliphatic hydroxyl groups excluding tert-OH is 1. The number of hydrogen-bond acceptors (Lipinski definition) is 2. The van der Waals surface area contributed by atoms with Crippen LogP contribution in [0.5, 0.6) is 0 Å². The van der Waals surface area contributed by atoms with Crippen LogP contribution in [-0.4, -0.2) is 35.1 Å². The SMILES string of the molecule is O=C([C@H]1CC=CCC1)N1CCC(O)CC1. The van der Waals surface area contributed by atoms with Crippen LogP contribution in [0.25, 0.3) is 0 Å². The fraction of sp³-hybridized carbons (Fsp3) is 0.750. The first-order valence-corrected chi connectivity index (χ1v) is 5.89. The van der Waals surface area contributed by atoms with Gasteiger partial charge in [0.05, 0.1) is 6.10 Å². The molecule has 1 atom stereocenters. The van der Waals surface area contributed by atoms with Crippen LogP contribution in [0.4, 0.5) is 0 Å². The molecule has 0 aromatic rings. The van der Waals surface area contributed by atoms with E-state index in [2.05, 4.69) is 12.2 Å². The summed E-state index contributed by atoms with van der Waals surface area (Å²) in [7, 11) is 0. The first-order valence-electron chi connectivity index (χ1n) is 5.89. The molecule has 0 bridgehead atoms. The number of allylic oxidation sites excluding steroid dienone is 2. The Morgan fingerprint density at radius 3 is 2.53 bits per heavy atom. The van der Waals surface area contributed by atoms with Crippen molar-refractivity contribution in [1.29, 1.82) is 0 Å². The summed E-state index contributed by atoms with van der Waals surface area (Å²) in [5.74, 6) is 0.497. The van der Waals surface area contributed by atoms with Crippen molar-refractivity contribution in [3.63, 3.8) is 0 Å². The van der Waals surface area contributed by atoms with E-state index in [1.165, 1.54) is 0 Å². The van der Waals surface area contributed by atoms with Gasteiger partial charge in [0.15, 0.2) is 0 Å². The molecule has 1 fully saturated rings. The Bertz CT molecular complexity index is 254. The van der Waals surface area contributed by atoms with Crippen LogP contribution in [0.3, 0.4) is 0 Å². The van der Waals surface area contributed by atoms with Crippen LogP contribution in [0.2, 0.25) is 0 Å². The highest BCUT2D eigenvalue weighted by molar-refractivity contribution is 5.79. The summed E-state index contributed by atoms with van der Waals surface area (Å²) in [4.78, 5) is 14.0. The van der Waals surface area contributed by atoms with Crippen molar-refractivity contribution < 1.29 is 9.90 Å². The number of carbonyl (C=O) groups is 1. The molecule has 1 aliphatic heterocycles. The molecule has 84 valence electrons. The topological polar surface area (TPSA) is 40.5 Å².